The first-order chi connectivity index (χ1) is 9.24. The van der Waals surface area contributed by atoms with Crippen LogP contribution in [-0.4, -0.2) is 32.3 Å². The molecule has 2 rings (SSSR count). The highest BCUT2D eigenvalue weighted by Crippen LogP contribution is 2.26. The Morgan fingerprint density at radius 2 is 2.16 bits per heavy atom. The number of rotatable bonds is 6. The number of hydrogen-bond acceptors (Lipinski definition) is 4. The van der Waals surface area contributed by atoms with Gasteiger partial charge in [-0.3, -0.25) is 4.79 Å². The van der Waals surface area contributed by atoms with Gasteiger partial charge in [-0.1, -0.05) is 6.07 Å². The minimum absolute atomic E-state index is 0.272. The molecular formula is C15H21NO3. The van der Waals surface area contributed by atoms with Crippen molar-refractivity contribution in [2.24, 2.45) is 0 Å². The van der Waals surface area contributed by atoms with Crippen molar-refractivity contribution in [1.82, 2.24) is 5.32 Å². The zero-order valence-electron chi connectivity index (χ0n) is 11.6. The van der Waals surface area contributed by atoms with Crippen LogP contribution in [0.4, 0.5) is 0 Å². The van der Waals surface area contributed by atoms with Gasteiger partial charge in [-0.25, -0.2) is 0 Å². The first-order valence-corrected chi connectivity index (χ1v) is 6.83. The van der Waals surface area contributed by atoms with Crippen molar-refractivity contribution >= 4 is 5.97 Å². The fourth-order valence-electron chi connectivity index (χ4n) is 2.33. The second kappa shape index (κ2) is 6.57. The summed E-state index contributed by atoms with van der Waals surface area (Å²) in [7, 11) is 1.73. The second-order valence-corrected chi connectivity index (χ2v) is 4.69. The molecule has 0 radical (unpaired) electrons. The number of carbonyl (C=O) groups excluding carboxylic acids is 1. The summed E-state index contributed by atoms with van der Waals surface area (Å²) in [6.45, 7) is 2.47. The highest BCUT2D eigenvalue weighted by Gasteiger charge is 2.19. The predicted octanol–water partition coefficient (Wildman–Crippen LogP) is 1.71. The van der Waals surface area contributed by atoms with E-state index in [1.54, 1.807) is 14.0 Å². The Kier molecular flexibility index (Phi) is 4.80. The molecule has 0 heterocycles. The van der Waals surface area contributed by atoms with Crippen LogP contribution in [0.1, 0.15) is 24.5 Å². The highest BCUT2D eigenvalue weighted by atomic mass is 16.5. The third kappa shape index (κ3) is 3.47. The molecule has 0 aromatic heterocycles. The van der Waals surface area contributed by atoms with E-state index in [2.05, 4.69) is 17.4 Å². The maximum atomic E-state index is 11.6. The third-order valence-electron chi connectivity index (χ3n) is 3.41. The number of fused-ring (bicyclic) bond motifs is 1. The lowest BCUT2D eigenvalue weighted by atomic mass is 10.1. The molecule has 0 aliphatic heterocycles. The van der Waals surface area contributed by atoms with Gasteiger partial charge in [0.1, 0.15) is 18.4 Å². The Balaban J connectivity index is 1.92. The zero-order valence-corrected chi connectivity index (χ0v) is 11.6. The lowest BCUT2D eigenvalue weighted by Crippen LogP contribution is -2.40. The average molecular weight is 263 g/mol. The topological polar surface area (TPSA) is 47.6 Å². The lowest BCUT2D eigenvalue weighted by Gasteiger charge is -2.16. The van der Waals surface area contributed by atoms with Gasteiger partial charge in [0.2, 0.25) is 0 Å². The van der Waals surface area contributed by atoms with Crippen LogP contribution in [0.5, 0.6) is 5.75 Å². The van der Waals surface area contributed by atoms with E-state index in [1.165, 1.54) is 17.5 Å². The Morgan fingerprint density at radius 3 is 2.89 bits per heavy atom. The van der Waals surface area contributed by atoms with Crippen LogP contribution in [0.2, 0.25) is 0 Å². The molecule has 0 saturated heterocycles. The van der Waals surface area contributed by atoms with Crippen LogP contribution < -0.4 is 10.1 Å². The second-order valence-electron chi connectivity index (χ2n) is 4.69. The Bertz CT molecular complexity index is 445. The number of carbonyl (C=O) groups is 1. The van der Waals surface area contributed by atoms with E-state index in [1.807, 2.05) is 6.07 Å². The standard InChI is InChI=1S/C15H21NO3/c1-3-18-15(17)14(16-2)10-19-13-8-7-11-5-4-6-12(11)9-13/h7-9,14,16H,3-6,10H2,1-2H3. The maximum absolute atomic E-state index is 11.6. The number of ether oxygens (including phenoxy) is 2. The number of hydrogen-bond donors (Lipinski definition) is 1. The molecule has 1 aromatic carbocycles. The summed E-state index contributed by atoms with van der Waals surface area (Å²) in [6.07, 6.45) is 3.51. The SMILES string of the molecule is CCOC(=O)C(COc1ccc2c(c1)CCC2)NC. The van der Waals surface area contributed by atoms with E-state index < -0.39 is 6.04 Å². The van der Waals surface area contributed by atoms with Crippen molar-refractivity contribution in [3.63, 3.8) is 0 Å². The van der Waals surface area contributed by atoms with Crippen molar-refractivity contribution in [3.05, 3.63) is 29.3 Å². The molecule has 0 fully saturated rings. The minimum Gasteiger partial charge on any atom is -0.491 e. The summed E-state index contributed by atoms with van der Waals surface area (Å²) in [5, 5.41) is 2.91. The molecule has 1 atom stereocenters. The largest absolute Gasteiger partial charge is 0.491 e. The summed E-state index contributed by atoms with van der Waals surface area (Å²) in [4.78, 5) is 11.6. The van der Waals surface area contributed by atoms with Gasteiger partial charge in [-0.2, -0.15) is 0 Å². The average Bonchev–Trinajstić information content (AvgIpc) is 2.87. The minimum atomic E-state index is -0.423. The van der Waals surface area contributed by atoms with E-state index in [4.69, 9.17) is 9.47 Å². The highest BCUT2D eigenvalue weighted by molar-refractivity contribution is 5.75. The van der Waals surface area contributed by atoms with Gasteiger partial charge < -0.3 is 14.8 Å². The fourth-order valence-corrected chi connectivity index (χ4v) is 2.33. The molecule has 0 bridgehead atoms. The van der Waals surface area contributed by atoms with Crippen molar-refractivity contribution in [2.75, 3.05) is 20.3 Å². The first kappa shape index (κ1) is 13.9. The molecule has 19 heavy (non-hydrogen) atoms. The van der Waals surface area contributed by atoms with Gasteiger partial charge >= 0.3 is 5.97 Å². The van der Waals surface area contributed by atoms with Crippen LogP contribution >= 0.6 is 0 Å². The number of benzene rings is 1. The van der Waals surface area contributed by atoms with Crippen LogP contribution in [0, 0.1) is 0 Å². The predicted molar refractivity (Wildman–Crippen MR) is 73.4 cm³/mol. The van der Waals surface area contributed by atoms with Crippen LogP contribution in [0.3, 0.4) is 0 Å². The molecule has 4 heteroatoms. The van der Waals surface area contributed by atoms with Crippen molar-refractivity contribution in [3.8, 4) is 5.75 Å². The summed E-state index contributed by atoms with van der Waals surface area (Å²) in [5.74, 6) is 0.552. The Hall–Kier alpha value is -1.55. The quantitative estimate of drug-likeness (QED) is 0.794. The molecule has 104 valence electrons. The number of esters is 1. The van der Waals surface area contributed by atoms with E-state index >= 15 is 0 Å². The van der Waals surface area contributed by atoms with Gasteiger partial charge in [0.05, 0.1) is 6.61 Å². The van der Waals surface area contributed by atoms with E-state index in [9.17, 15) is 4.79 Å². The summed E-state index contributed by atoms with van der Waals surface area (Å²) >= 11 is 0. The monoisotopic (exact) mass is 263 g/mol. The molecule has 1 aromatic rings. The number of likely N-dealkylation sites (N-methyl/N-ethyl adjacent to an activating group) is 1. The molecule has 1 aliphatic carbocycles. The first-order valence-electron chi connectivity index (χ1n) is 6.83. The molecule has 4 nitrogen and oxygen atoms in total. The van der Waals surface area contributed by atoms with Gasteiger partial charge in [0.25, 0.3) is 0 Å². The molecule has 0 saturated carbocycles. The van der Waals surface area contributed by atoms with Crippen LogP contribution in [0.25, 0.3) is 0 Å². The number of aryl methyl sites for hydroxylation is 2. The van der Waals surface area contributed by atoms with E-state index in [-0.39, 0.29) is 12.6 Å². The van der Waals surface area contributed by atoms with Gasteiger partial charge in [0, 0.05) is 0 Å². The van der Waals surface area contributed by atoms with Crippen LogP contribution in [0.15, 0.2) is 18.2 Å². The molecule has 1 unspecified atom stereocenters. The maximum Gasteiger partial charge on any atom is 0.326 e. The lowest BCUT2D eigenvalue weighted by molar-refractivity contribution is -0.146. The normalized spacial score (nSPS) is 14.8. The number of nitrogens with one attached hydrogen (secondary N) is 1. The molecular weight excluding hydrogens is 242 g/mol. The Morgan fingerprint density at radius 1 is 1.37 bits per heavy atom. The molecule has 1 N–H and O–H groups in total. The van der Waals surface area contributed by atoms with Crippen molar-refractivity contribution < 1.29 is 14.3 Å². The van der Waals surface area contributed by atoms with E-state index in [0.29, 0.717) is 6.61 Å². The van der Waals surface area contributed by atoms with Gasteiger partial charge in [-0.15, -0.1) is 0 Å². The van der Waals surface area contributed by atoms with Gasteiger partial charge in [0.15, 0.2) is 0 Å². The fraction of sp³-hybridized carbons (Fsp3) is 0.533. The zero-order chi connectivity index (χ0) is 13.7. The van der Waals surface area contributed by atoms with Crippen molar-refractivity contribution in [1.29, 1.82) is 0 Å². The Labute approximate surface area is 114 Å². The summed E-state index contributed by atoms with van der Waals surface area (Å²) in [6, 6.07) is 5.76. The molecule has 0 amide bonds. The van der Waals surface area contributed by atoms with Crippen LogP contribution in [-0.2, 0) is 22.4 Å². The molecule has 1 aliphatic rings. The summed E-state index contributed by atoms with van der Waals surface area (Å²) in [5.41, 5.74) is 2.79. The van der Waals surface area contributed by atoms with E-state index in [0.717, 1.165) is 18.6 Å². The summed E-state index contributed by atoms with van der Waals surface area (Å²) < 4.78 is 10.7. The molecule has 0 spiro atoms. The smallest absolute Gasteiger partial charge is 0.326 e. The third-order valence-corrected chi connectivity index (χ3v) is 3.41. The van der Waals surface area contributed by atoms with Gasteiger partial charge in [-0.05, 0) is 56.5 Å². The van der Waals surface area contributed by atoms with Crippen molar-refractivity contribution in [2.45, 2.75) is 32.2 Å².